The Bertz CT molecular complexity index is 1410. The van der Waals surface area contributed by atoms with Crippen molar-refractivity contribution in [2.45, 2.75) is 72.1 Å². The average molecular weight is 551 g/mol. The van der Waals surface area contributed by atoms with Gasteiger partial charge in [-0.25, -0.2) is 9.59 Å². The van der Waals surface area contributed by atoms with Crippen LogP contribution in [0.5, 0.6) is 0 Å². The third kappa shape index (κ3) is 8.59. The summed E-state index contributed by atoms with van der Waals surface area (Å²) in [5.74, 6) is -1.07. The molecule has 1 heterocycles. The van der Waals surface area contributed by atoms with Crippen LogP contribution in [0.1, 0.15) is 64.5 Å². The highest BCUT2D eigenvalue weighted by Crippen LogP contribution is 2.23. The standard InChI is InChI=1S/C30H38N4O6/c1-18(35)34(8)22-11-9-10-19(14-22)15-24(33-28(38)40-30(5,6)7)26(36)31-21-12-13-23-20(16-21)17-25(32-23)27(37)39-29(2,3)4/h9-14,16-17,24,32H,15H2,1-8H3,(H,31,36)(H,33,38). The molecule has 0 saturated carbocycles. The largest absolute Gasteiger partial charge is 0.455 e. The molecule has 10 nitrogen and oxygen atoms in total. The number of ether oxygens (including phenoxy) is 2. The Kier molecular flexibility index (Phi) is 8.92. The van der Waals surface area contributed by atoms with E-state index in [1.807, 2.05) is 6.07 Å². The second-order valence-corrected chi connectivity index (χ2v) is 11.6. The molecule has 0 aliphatic heterocycles. The van der Waals surface area contributed by atoms with Gasteiger partial charge in [0.05, 0.1) is 0 Å². The smallest absolute Gasteiger partial charge is 0.408 e. The Labute approximate surface area is 234 Å². The highest BCUT2D eigenvalue weighted by Gasteiger charge is 2.26. The van der Waals surface area contributed by atoms with E-state index >= 15 is 0 Å². The van der Waals surface area contributed by atoms with Gasteiger partial charge in [0.1, 0.15) is 22.9 Å². The van der Waals surface area contributed by atoms with E-state index in [1.165, 1.54) is 11.8 Å². The van der Waals surface area contributed by atoms with E-state index in [2.05, 4.69) is 15.6 Å². The molecule has 1 unspecified atom stereocenters. The molecule has 3 amide bonds. The van der Waals surface area contributed by atoms with Crippen LogP contribution < -0.4 is 15.5 Å². The molecule has 2 aromatic carbocycles. The number of esters is 1. The molecule has 10 heteroatoms. The van der Waals surface area contributed by atoms with E-state index in [-0.39, 0.29) is 12.3 Å². The molecule has 0 aliphatic carbocycles. The predicted octanol–water partition coefficient (Wildman–Crippen LogP) is 5.18. The topological polar surface area (TPSA) is 130 Å². The lowest BCUT2D eigenvalue weighted by Gasteiger charge is -2.24. The normalized spacial score (nSPS) is 12.4. The van der Waals surface area contributed by atoms with Crippen LogP contribution in [0.3, 0.4) is 0 Å². The number of fused-ring (bicyclic) bond motifs is 1. The molecule has 1 atom stereocenters. The number of hydrogen-bond donors (Lipinski definition) is 3. The zero-order valence-corrected chi connectivity index (χ0v) is 24.3. The summed E-state index contributed by atoms with van der Waals surface area (Å²) < 4.78 is 10.8. The zero-order chi connectivity index (χ0) is 29.8. The van der Waals surface area contributed by atoms with Crippen molar-refractivity contribution >= 4 is 46.2 Å². The Morgan fingerprint density at radius 1 is 0.925 bits per heavy atom. The number of nitrogens with zero attached hydrogens (tertiary/aromatic N) is 1. The van der Waals surface area contributed by atoms with Crippen LogP contribution in [0.4, 0.5) is 16.2 Å². The highest BCUT2D eigenvalue weighted by atomic mass is 16.6. The Morgan fingerprint density at radius 2 is 1.60 bits per heavy atom. The van der Waals surface area contributed by atoms with E-state index in [1.54, 1.807) is 91.1 Å². The Morgan fingerprint density at radius 3 is 2.23 bits per heavy atom. The lowest BCUT2D eigenvalue weighted by atomic mass is 10.0. The monoisotopic (exact) mass is 550 g/mol. The predicted molar refractivity (Wildman–Crippen MR) is 154 cm³/mol. The van der Waals surface area contributed by atoms with Crippen molar-refractivity contribution in [3.63, 3.8) is 0 Å². The summed E-state index contributed by atoms with van der Waals surface area (Å²) >= 11 is 0. The fourth-order valence-corrected chi connectivity index (χ4v) is 3.85. The summed E-state index contributed by atoms with van der Waals surface area (Å²) in [7, 11) is 1.66. The van der Waals surface area contributed by atoms with Gasteiger partial charge in [0.25, 0.3) is 0 Å². The maximum Gasteiger partial charge on any atom is 0.408 e. The van der Waals surface area contributed by atoms with Crippen molar-refractivity contribution in [1.29, 1.82) is 0 Å². The Hall–Kier alpha value is -4.34. The summed E-state index contributed by atoms with van der Waals surface area (Å²) in [5, 5.41) is 6.23. The minimum absolute atomic E-state index is 0.131. The van der Waals surface area contributed by atoms with Crippen LogP contribution in [0.25, 0.3) is 10.9 Å². The van der Waals surface area contributed by atoms with E-state index in [0.29, 0.717) is 28.0 Å². The minimum atomic E-state index is -0.980. The number of H-pyrrole nitrogens is 1. The van der Waals surface area contributed by atoms with Gasteiger partial charge in [0.15, 0.2) is 0 Å². The third-order valence-corrected chi connectivity index (χ3v) is 5.72. The van der Waals surface area contributed by atoms with Crippen LogP contribution in [-0.4, -0.2) is 53.2 Å². The fourth-order valence-electron chi connectivity index (χ4n) is 3.85. The summed E-state index contributed by atoms with van der Waals surface area (Å²) in [6.07, 6.45) is -0.576. The number of carbonyl (C=O) groups is 4. The molecule has 0 aliphatic rings. The fraction of sp³-hybridized carbons (Fsp3) is 0.400. The zero-order valence-electron chi connectivity index (χ0n) is 24.3. The van der Waals surface area contributed by atoms with Gasteiger partial charge in [0, 0.05) is 42.7 Å². The van der Waals surface area contributed by atoms with Crippen LogP contribution >= 0.6 is 0 Å². The quantitative estimate of drug-likeness (QED) is 0.348. The van der Waals surface area contributed by atoms with Gasteiger partial charge in [-0.3, -0.25) is 9.59 Å². The van der Waals surface area contributed by atoms with Gasteiger partial charge in [0.2, 0.25) is 11.8 Å². The van der Waals surface area contributed by atoms with Crippen molar-refractivity contribution in [3.8, 4) is 0 Å². The number of carbonyl (C=O) groups excluding carboxylic acids is 4. The van der Waals surface area contributed by atoms with E-state index in [9.17, 15) is 19.2 Å². The van der Waals surface area contributed by atoms with Crippen molar-refractivity contribution in [1.82, 2.24) is 10.3 Å². The van der Waals surface area contributed by atoms with E-state index in [0.717, 1.165) is 5.56 Å². The second-order valence-electron chi connectivity index (χ2n) is 11.6. The first-order valence-corrected chi connectivity index (χ1v) is 13.0. The minimum Gasteiger partial charge on any atom is -0.455 e. The number of alkyl carbamates (subject to hydrolysis) is 1. The molecule has 0 spiro atoms. The van der Waals surface area contributed by atoms with Gasteiger partial charge in [-0.05, 0) is 83.5 Å². The van der Waals surface area contributed by atoms with Crippen LogP contribution in [0.2, 0.25) is 0 Å². The summed E-state index contributed by atoms with van der Waals surface area (Å²) in [4.78, 5) is 54.8. The van der Waals surface area contributed by atoms with E-state index in [4.69, 9.17) is 9.47 Å². The van der Waals surface area contributed by atoms with Crippen molar-refractivity contribution in [2.24, 2.45) is 0 Å². The van der Waals surface area contributed by atoms with Crippen LogP contribution in [0, 0.1) is 0 Å². The molecule has 0 fully saturated rings. The van der Waals surface area contributed by atoms with Gasteiger partial charge in [-0.2, -0.15) is 0 Å². The first-order valence-electron chi connectivity index (χ1n) is 13.0. The summed E-state index contributed by atoms with van der Waals surface area (Å²) in [6, 6.07) is 13.0. The van der Waals surface area contributed by atoms with Crippen molar-refractivity contribution in [3.05, 3.63) is 59.8 Å². The lowest BCUT2D eigenvalue weighted by Crippen LogP contribution is -2.47. The number of hydrogen-bond acceptors (Lipinski definition) is 6. The molecule has 0 bridgehead atoms. The van der Waals surface area contributed by atoms with Gasteiger partial charge in [-0.15, -0.1) is 0 Å². The first kappa shape index (κ1) is 30.2. The number of rotatable bonds is 7. The van der Waals surface area contributed by atoms with Gasteiger partial charge < -0.3 is 30.0 Å². The average Bonchev–Trinajstić information content (AvgIpc) is 3.25. The number of benzene rings is 2. The van der Waals surface area contributed by atoms with Crippen LogP contribution in [0.15, 0.2) is 48.5 Å². The van der Waals surface area contributed by atoms with Gasteiger partial charge >= 0.3 is 12.1 Å². The molecule has 3 N–H and O–H groups in total. The number of amides is 3. The number of aromatic nitrogens is 1. The number of nitrogens with one attached hydrogen (secondary N) is 3. The molecule has 0 saturated heterocycles. The summed E-state index contributed by atoms with van der Waals surface area (Å²) in [5.41, 5.74) is 1.51. The third-order valence-electron chi connectivity index (χ3n) is 5.72. The highest BCUT2D eigenvalue weighted by molar-refractivity contribution is 6.00. The maximum absolute atomic E-state index is 13.4. The SMILES string of the molecule is CC(=O)N(C)c1cccc(CC(NC(=O)OC(C)(C)C)C(=O)Nc2ccc3[nH]c(C(=O)OC(C)(C)C)cc3c2)c1. The molecular weight excluding hydrogens is 512 g/mol. The lowest BCUT2D eigenvalue weighted by molar-refractivity contribution is -0.118. The second kappa shape index (κ2) is 11.8. The summed E-state index contributed by atoms with van der Waals surface area (Å²) in [6.45, 7) is 12.0. The van der Waals surface area contributed by atoms with Crippen LogP contribution in [-0.2, 0) is 25.5 Å². The first-order chi connectivity index (χ1) is 18.5. The van der Waals surface area contributed by atoms with Gasteiger partial charge in [-0.1, -0.05) is 12.1 Å². The molecular formula is C30H38N4O6. The number of aromatic amines is 1. The van der Waals surface area contributed by atoms with Crippen molar-refractivity contribution < 1.29 is 28.7 Å². The van der Waals surface area contributed by atoms with Crippen molar-refractivity contribution in [2.75, 3.05) is 17.3 Å². The number of anilines is 2. The molecule has 0 radical (unpaired) electrons. The molecule has 1 aromatic heterocycles. The Balaban J connectivity index is 1.83. The molecule has 3 aromatic rings. The van der Waals surface area contributed by atoms with E-state index < -0.39 is 35.2 Å². The maximum atomic E-state index is 13.4. The molecule has 214 valence electrons. The molecule has 40 heavy (non-hydrogen) atoms. The molecule has 3 rings (SSSR count).